The number of halogens is 2. The van der Waals surface area contributed by atoms with Crippen LogP contribution < -0.4 is 10.6 Å². The number of esters is 1. The van der Waals surface area contributed by atoms with Gasteiger partial charge in [0, 0.05) is 6.54 Å². The number of amides is 2. The first-order chi connectivity index (χ1) is 12.5. The van der Waals surface area contributed by atoms with Gasteiger partial charge in [-0.2, -0.15) is 0 Å². The van der Waals surface area contributed by atoms with Gasteiger partial charge in [-0.3, -0.25) is 0 Å². The highest BCUT2D eigenvalue weighted by Gasteiger charge is 2.14. The summed E-state index contributed by atoms with van der Waals surface area (Å²) in [5, 5.41) is 5.24. The number of nitrogens with one attached hydrogen (secondary N) is 2. The zero-order valence-corrected chi connectivity index (χ0v) is 15.1. The zero-order chi connectivity index (χ0) is 18.9. The van der Waals surface area contributed by atoms with E-state index < -0.39 is 17.8 Å². The molecule has 138 valence electrons. The summed E-state index contributed by atoms with van der Waals surface area (Å²) in [5.41, 5.74) is 1.28. The van der Waals surface area contributed by atoms with Crippen molar-refractivity contribution in [2.75, 3.05) is 11.9 Å². The fourth-order valence-electron chi connectivity index (χ4n) is 2.16. The first-order valence-electron chi connectivity index (χ1n) is 8.26. The van der Waals surface area contributed by atoms with Crippen molar-refractivity contribution < 1.29 is 18.7 Å². The normalized spacial score (nSPS) is 10.3. The molecule has 26 heavy (non-hydrogen) atoms. The van der Waals surface area contributed by atoms with Gasteiger partial charge < -0.3 is 15.4 Å². The lowest BCUT2D eigenvalue weighted by molar-refractivity contribution is 0.0501. The topological polar surface area (TPSA) is 67.4 Å². The molecule has 2 rings (SSSR count). The van der Waals surface area contributed by atoms with Crippen molar-refractivity contribution in [2.45, 2.75) is 26.3 Å². The number of hydrogen-bond acceptors (Lipinski definition) is 3. The van der Waals surface area contributed by atoms with Crippen molar-refractivity contribution in [3.63, 3.8) is 0 Å². The van der Waals surface area contributed by atoms with Crippen LogP contribution in [0.3, 0.4) is 0 Å². The number of hydrogen-bond donors (Lipinski definition) is 2. The Bertz CT molecular complexity index is 783. The van der Waals surface area contributed by atoms with Gasteiger partial charge in [-0.25, -0.2) is 14.0 Å². The minimum absolute atomic E-state index is 0.00937. The van der Waals surface area contributed by atoms with Crippen LogP contribution in [0.5, 0.6) is 0 Å². The molecule has 2 amide bonds. The van der Waals surface area contributed by atoms with Gasteiger partial charge in [-0.1, -0.05) is 43.1 Å². The van der Waals surface area contributed by atoms with E-state index in [1.807, 2.05) is 6.92 Å². The van der Waals surface area contributed by atoms with E-state index in [0.717, 1.165) is 12.8 Å². The van der Waals surface area contributed by atoms with E-state index in [0.29, 0.717) is 17.9 Å². The lowest BCUT2D eigenvalue weighted by Gasteiger charge is -2.12. The van der Waals surface area contributed by atoms with Crippen LogP contribution in [0.1, 0.15) is 35.7 Å². The van der Waals surface area contributed by atoms with E-state index in [-0.39, 0.29) is 17.1 Å². The summed E-state index contributed by atoms with van der Waals surface area (Å²) in [6, 6.07) is 10.3. The molecule has 0 fully saturated rings. The number of carbonyl (C=O) groups excluding carboxylic acids is 2. The maximum Gasteiger partial charge on any atom is 0.340 e. The molecule has 0 aliphatic carbocycles. The van der Waals surface area contributed by atoms with Gasteiger partial charge in [0.2, 0.25) is 0 Å². The highest BCUT2D eigenvalue weighted by molar-refractivity contribution is 6.30. The molecule has 0 atom stereocenters. The third kappa shape index (κ3) is 5.74. The van der Waals surface area contributed by atoms with Crippen LogP contribution in [-0.2, 0) is 11.3 Å². The standard InChI is InChI=1S/C19H20ClFN2O3/c1-2-3-10-26-18(24)14-6-4-5-7-17(14)23-19(25)22-12-13-8-9-16(21)15(20)11-13/h4-9,11H,2-3,10,12H2,1H3,(H2,22,23,25). The van der Waals surface area contributed by atoms with Crippen molar-refractivity contribution in [1.82, 2.24) is 5.32 Å². The van der Waals surface area contributed by atoms with Gasteiger partial charge in [0.15, 0.2) is 0 Å². The Morgan fingerprint density at radius 2 is 1.96 bits per heavy atom. The van der Waals surface area contributed by atoms with E-state index in [1.165, 1.54) is 18.2 Å². The van der Waals surface area contributed by atoms with Gasteiger partial charge >= 0.3 is 12.0 Å². The molecule has 0 heterocycles. The summed E-state index contributed by atoms with van der Waals surface area (Å²) < 4.78 is 18.3. The molecule has 0 unspecified atom stereocenters. The summed E-state index contributed by atoms with van der Waals surface area (Å²) >= 11 is 5.71. The van der Waals surface area contributed by atoms with Gasteiger partial charge in [0.05, 0.1) is 22.9 Å². The van der Waals surface area contributed by atoms with Gasteiger partial charge in [-0.15, -0.1) is 0 Å². The number of benzene rings is 2. The van der Waals surface area contributed by atoms with Crippen molar-refractivity contribution in [3.8, 4) is 0 Å². The largest absolute Gasteiger partial charge is 0.462 e. The Labute approximate surface area is 156 Å². The predicted octanol–water partition coefficient (Wildman–Crippen LogP) is 4.76. The third-order valence-electron chi connectivity index (χ3n) is 3.56. The Balaban J connectivity index is 1.96. The van der Waals surface area contributed by atoms with E-state index >= 15 is 0 Å². The second-order valence-corrected chi connectivity index (χ2v) is 6.00. The summed E-state index contributed by atoms with van der Waals surface area (Å²) in [6.45, 7) is 2.50. The number of rotatable bonds is 7. The fourth-order valence-corrected chi connectivity index (χ4v) is 2.36. The molecule has 0 aliphatic rings. The van der Waals surface area contributed by atoms with Crippen LogP contribution in [0.15, 0.2) is 42.5 Å². The first-order valence-corrected chi connectivity index (χ1v) is 8.64. The molecule has 2 N–H and O–H groups in total. The lowest BCUT2D eigenvalue weighted by Crippen LogP contribution is -2.29. The Morgan fingerprint density at radius 1 is 1.19 bits per heavy atom. The molecule has 0 saturated heterocycles. The minimum Gasteiger partial charge on any atom is -0.462 e. The highest BCUT2D eigenvalue weighted by atomic mass is 35.5. The molecule has 2 aromatic rings. The van der Waals surface area contributed by atoms with Crippen LogP contribution in [0.4, 0.5) is 14.9 Å². The summed E-state index contributed by atoms with van der Waals surface area (Å²) in [7, 11) is 0. The summed E-state index contributed by atoms with van der Waals surface area (Å²) in [6.07, 6.45) is 1.70. The van der Waals surface area contributed by atoms with E-state index in [1.54, 1.807) is 24.3 Å². The molecular formula is C19H20ClFN2O3. The number of urea groups is 1. The van der Waals surface area contributed by atoms with Gasteiger partial charge in [0.25, 0.3) is 0 Å². The van der Waals surface area contributed by atoms with Crippen LogP contribution in [0.2, 0.25) is 5.02 Å². The average molecular weight is 379 g/mol. The van der Waals surface area contributed by atoms with Crippen molar-refractivity contribution in [2.24, 2.45) is 0 Å². The molecule has 0 aliphatic heterocycles. The molecule has 5 nitrogen and oxygen atoms in total. The maximum absolute atomic E-state index is 13.1. The molecule has 0 radical (unpaired) electrons. The number of para-hydroxylation sites is 1. The second kappa shape index (κ2) is 9.77. The smallest absolute Gasteiger partial charge is 0.340 e. The first kappa shape index (κ1) is 19.7. The van der Waals surface area contributed by atoms with Crippen LogP contribution in [0, 0.1) is 5.82 Å². The average Bonchev–Trinajstić information content (AvgIpc) is 2.63. The molecule has 0 aromatic heterocycles. The molecular weight excluding hydrogens is 359 g/mol. The molecule has 0 saturated carbocycles. The maximum atomic E-state index is 13.1. The Hall–Kier alpha value is -2.60. The van der Waals surface area contributed by atoms with Crippen molar-refractivity contribution in [1.29, 1.82) is 0 Å². The fraction of sp³-hybridized carbons (Fsp3) is 0.263. The lowest BCUT2D eigenvalue weighted by atomic mass is 10.2. The SMILES string of the molecule is CCCCOC(=O)c1ccccc1NC(=O)NCc1ccc(F)c(Cl)c1. The zero-order valence-electron chi connectivity index (χ0n) is 14.4. The van der Waals surface area contributed by atoms with Crippen molar-refractivity contribution >= 4 is 29.3 Å². The number of ether oxygens (including phenoxy) is 1. The molecule has 0 spiro atoms. The monoisotopic (exact) mass is 378 g/mol. The van der Waals surface area contributed by atoms with Crippen LogP contribution in [0.25, 0.3) is 0 Å². The highest BCUT2D eigenvalue weighted by Crippen LogP contribution is 2.17. The van der Waals surface area contributed by atoms with E-state index in [4.69, 9.17) is 16.3 Å². The number of unbranched alkanes of at least 4 members (excludes halogenated alkanes) is 1. The molecule has 7 heteroatoms. The Morgan fingerprint density at radius 3 is 2.69 bits per heavy atom. The van der Waals surface area contributed by atoms with E-state index in [9.17, 15) is 14.0 Å². The van der Waals surface area contributed by atoms with Crippen molar-refractivity contribution in [3.05, 3.63) is 64.4 Å². The predicted molar refractivity (Wildman–Crippen MR) is 98.9 cm³/mol. The third-order valence-corrected chi connectivity index (χ3v) is 3.85. The van der Waals surface area contributed by atoms with Gasteiger partial charge in [0.1, 0.15) is 5.82 Å². The van der Waals surface area contributed by atoms with Crippen LogP contribution in [-0.4, -0.2) is 18.6 Å². The second-order valence-electron chi connectivity index (χ2n) is 5.59. The van der Waals surface area contributed by atoms with Crippen LogP contribution >= 0.6 is 11.6 Å². The molecule has 0 bridgehead atoms. The number of anilines is 1. The minimum atomic E-state index is -0.518. The quantitative estimate of drug-likeness (QED) is 0.539. The summed E-state index contributed by atoms with van der Waals surface area (Å²) in [5.74, 6) is -1.00. The molecule has 2 aromatic carbocycles. The number of carbonyl (C=O) groups is 2. The van der Waals surface area contributed by atoms with E-state index in [2.05, 4.69) is 10.6 Å². The summed E-state index contributed by atoms with van der Waals surface area (Å²) in [4.78, 5) is 24.2. The van der Waals surface area contributed by atoms with Gasteiger partial charge in [-0.05, 0) is 36.2 Å². The Kier molecular flexibility index (Phi) is 7.41.